The molecule has 0 fully saturated rings. The third kappa shape index (κ3) is 9.50. The molecule has 0 bridgehead atoms. The summed E-state index contributed by atoms with van der Waals surface area (Å²) in [5.74, 6) is 1.56. The molecule has 2 rings (SSSR count). The molecule has 0 saturated carbocycles. The highest BCUT2D eigenvalue weighted by molar-refractivity contribution is 5.91. The number of hydrogen-bond acceptors (Lipinski definition) is 9. The Balaban J connectivity index is 0.000000482. The summed E-state index contributed by atoms with van der Waals surface area (Å²) in [5, 5.41) is 9.58. The Morgan fingerprint density at radius 2 is 1.59 bits per heavy atom. The number of nitrogens with zero attached hydrogens (tertiary/aromatic N) is 2. The molecular weight excluding hydrogens is 478 g/mol. The van der Waals surface area contributed by atoms with E-state index in [4.69, 9.17) is 47.6 Å². The molecule has 1 amide bonds. The molecule has 2 aromatic rings. The van der Waals surface area contributed by atoms with Gasteiger partial charge in [-0.25, -0.2) is 0 Å². The zero-order valence-electron chi connectivity index (χ0n) is 21.5. The van der Waals surface area contributed by atoms with Crippen molar-refractivity contribution >= 4 is 29.2 Å². The van der Waals surface area contributed by atoms with Gasteiger partial charge in [-0.2, -0.15) is 5.26 Å². The molecule has 0 unspecified atom stereocenters. The molecule has 0 heterocycles. The van der Waals surface area contributed by atoms with E-state index >= 15 is 0 Å². The number of methoxy groups -OCH3 is 4. The maximum atomic E-state index is 10.4. The summed E-state index contributed by atoms with van der Waals surface area (Å²) in [4.78, 5) is 14.2. The van der Waals surface area contributed by atoms with Crippen LogP contribution in [0.1, 0.15) is 24.0 Å². The average molecular weight is 514 g/mol. The number of ether oxygens (including phenoxy) is 4. The second-order valence-electron chi connectivity index (χ2n) is 7.54. The Labute approximate surface area is 216 Å². The van der Waals surface area contributed by atoms with Crippen LogP contribution < -0.4 is 47.6 Å². The summed E-state index contributed by atoms with van der Waals surface area (Å²) < 4.78 is 21.1. The molecule has 200 valence electrons. The van der Waals surface area contributed by atoms with Crippen LogP contribution in [-0.2, 0) is 4.79 Å². The molecule has 0 aliphatic rings. The van der Waals surface area contributed by atoms with Crippen LogP contribution in [0.4, 0.5) is 5.69 Å². The van der Waals surface area contributed by atoms with Gasteiger partial charge in [0, 0.05) is 6.54 Å². The van der Waals surface area contributed by atoms with Gasteiger partial charge in [0.25, 0.3) is 0 Å². The van der Waals surface area contributed by atoms with Gasteiger partial charge in [0.15, 0.2) is 17.5 Å². The van der Waals surface area contributed by atoms with Gasteiger partial charge in [-0.3, -0.25) is 9.79 Å². The number of nitrogens with two attached hydrogens (primary N) is 5. The summed E-state index contributed by atoms with van der Waals surface area (Å²) >= 11 is 0. The summed E-state index contributed by atoms with van der Waals surface area (Å²) in [6.45, 7) is 0.476. The van der Waals surface area contributed by atoms with Crippen molar-refractivity contribution in [1.29, 1.82) is 5.26 Å². The number of nitrogen functional groups attached to an aromatic ring is 1. The molecule has 0 spiro atoms. The normalized spacial score (nSPS) is 11.2. The number of benzene rings is 2. The number of amides is 1. The predicted molar refractivity (Wildman–Crippen MR) is 144 cm³/mol. The smallest absolute Gasteiger partial charge is 0.234 e. The molecule has 0 aromatic heterocycles. The van der Waals surface area contributed by atoms with Crippen LogP contribution in [0.3, 0.4) is 0 Å². The Morgan fingerprint density at radius 1 is 1.00 bits per heavy atom. The second-order valence-corrected chi connectivity index (χ2v) is 7.54. The maximum absolute atomic E-state index is 10.4. The third-order valence-electron chi connectivity index (χ3n) is 4.99. The molecule has 12 nitrogen and oxygen atoms in total. The fourth-order valence-corrected chi connectivity index (χ4v) is 3.09. The van der Waals surface area contributed by atoms with Crippen LogP contribution in [0.25, 0.3) is 11.6 Å². The van der Waals surface area contributed by atoms with Gasteiger partial charge in [-0.1, -0.05) is 6.07 Å². The minimum absolute atomic E-state index is 0.0441. The number of hydrogen-bond donors (Lipinski definition) is 5. The SMILES string of the molecule is COc1ccc(/C=C(/C#N)c2cc(OC)c(OC)c(OC)c2)cc1N.NC(=O)[C@H](N)CCCN=C(N)N. The molecule has 0 saturated heterocycles. The van der Waals surface area contributed by atoms with Crippen molar-refractivity contribution in [1.82, 2.24) is 0 Å². The third-order valence-corrected chi connectivity index (χ3v) is 4.99. The number of aliphatic imine (C=N–C) groups is 1. The van der Waals surface area contributed by atoms with Crippen molar-refractivity contribution in [3.8, 4) is 29.1 Å². The Morgan fingerprint density at radius 3 is 2.03 bits per heavy atom. The number of carbonyl (C=O) groups excluding carboxylic acids is 1. The highest BCUT2D eigenvalue weighted by Crippen LogP contribution is 2.40. The number of allylic oxidation sites excluding steroid dienone is 1. The van der Waals surface area contributed by atoms with Gasteiger partial charge in [0.2, 0.25) is 11.7 Å². The van der Waals surface area contributed by atoms with Crippen LogP contribution in [0.5, 0.6) is 23.0 Å². The number of carbonyl (C=O) groups is 1. The average Bonchev–Trinajstić information content (AvgIpc) is 2.88. The van der Waals surface area contributed by atoms with E-state index in [-0.39, 0.29) is 5.96 Å². The van der Waals surface area contributed by atoms with Gasteiger partial charge in [-0.15, -0.1) is 0 Å². The number of rotatable bonds is 11. The zero-order valence-corrected chi connectivity index (χ0v) is 21.5. The van der Waals surface area contributed by atoms with Crippen LogP contribution in [0, 0.1) is 11.3 Å². The van der Waals surface area contributed by atoms with E-state index in [1.807, 2.05) is 6.07 Å². The van der Waals surface area contributed by atoms with Gasteiger partial charge in [0.05, 0.1) is 51.8 Å². The van der Waals surface area contributed by atoms with Gasteiger partial charge < -0.3 is 47.6 Å². The monoisotopic (exact) mass is 513 g/mol. The summed E-state index contributed by atoms with van der Waals surface area (Å²) in [5.41, 5.74) is 28.7. The van der Waals surface area contributed by atoms with Crippen molar-refractivity contribution in [3.05, 3.63) is 41.5 Å². The minimum Gasteiger partial charge on any atom is -0.495 e. The topological polar surface area (TPSA) is 220 Å². The maximum Gasteiger partial charge on any atom is 0.234 e. The molecule has 12 heteroatoms. The van der Waals surface area contributed by atoms with E-state index in [9.17, 15) is 10.1 Å². The molecule has 0 radical (unpaired) electrons. The fraction of sp³-hybridized carbons (Fsp3) is 0.320. The van der Waals surface area contributed by atoms with Crippen LogP contribution in [0.15, 0.2) is 35.3 Å². The van der Waals surface area contributed by atoms with E-state index in [0.29, 0.717) is 59.2 Å². The van der Waals surface area contributed by atoms with E-state index < -0.39 is 11.9 Å². The molecular formula is C25H35N7O5. The fourth-order valence-electron chi connectivity index (χ4n) is 3.09. The Kier molecular flexibility index (Phi) is 12.6. The highest BCUT2D eigenvalue weighted by atomic mass is 16.5. The zero-order chi connectivity index (χ0) is 28.0. The van der Waals surface area contributed by atoms with E-state index in [0.717, 1.165) is 5.56 Å². The highest BCUT2D eigenvalue weighted by Gasteiger charge is 2.15. The van der Waals surface area contributed by atoms with Crippen LogP contribution >= 0.6 is 0 Å². The first-order chi connectivity index (χ1) is 17.6. The van der Waals surface area contributed by atoms with Crippen molar-refractivity contribution < 1.29 is 23.7 Å². The van der Waals surface area contributed by atoms with E-state index in [2.05, 4.69) is 11.1 Å². The predicted octanol–water partition coefficient (Wildman–Crippen LogP) is 1.22. The molecule has 1 atom stereocenters. The van der Waals surface area contributed by atoms with Crippen LogP contribution in [0.2, 0.25) is 0 Å². The van der Waals surface area contributed by atoms with Crippen LogP contribution in [-0.4, -0.2) is 52.9 Å². The van der Waals surface area contributed by atoms with E-state index in [1.165, 1.54) is 21.3 Å². The Bertz CT molecular complexity index is 1130. The van der Waals surface area contributed by atoms with Gasteiger partial charge in [-0.05, 0) is 54.3 Å². The number of anilines is 1. The largest absolute Gasteiger partial charge is 0.495 e. The summed E-state index contributed by atoms with van der Waals surface area (Å²) in [6.07, 6.45) is 2.89. The lowest BCUT2D eigenvalue weighted by Gasteiger charge is -2.14. The van der Waals surface area contributed by atoms with Crippen molar-refractivity contribution in [2.45, 2.75) is 18.9 Å². The first kappa shape index (κ1) is 30.4. The van der Waals surface area contributed by atoms with E-state index in [1.54, 1.807) is 37.5 Å². The van der Waals surface area contributed by atoms with Crippen molar-refractivity contribution in [3.63, 3.8) is 0 Å². The van der Waals surface area contributed by atoms with Crippen molar-refractivity contribution in [2.24, 2.45) is 27.9 Å². The lowest BCUT2D eigenvalue weighted by Crippen LogP contribution is -2.36. The van der Waals surface area contributed by atoms with Gasteiger partial charge in [0.1, 0.15) is 5.75 Å². The minimum atomic E-state index is -0.598. The quantitative estimate of drug-likeness (QED) is 0.0721. The standard InChI is InChI=1S/C19H20N2O4.C6H15N5O/c1-22-16-6-5-12(8-15(16)21)7-14(11-20)13-9-17(23-2)19(25-4)18(10-13)24-3;7-4(5(8)12)2-1-3-11-6(9)10/h5-10H,21H2,1-4H3;4H,1-3,7H2,(H2,8,12)(H4,9,10,11)/b14-7-;/t;4-/m.1/s1. The lowest BCUT2D eigenvalue weighted by molar-refractivity contribution is -0.119. The number of nitriles is 1. The first-order valence-corrected chi connectivity index (χ1v) is 11.1. The lowest BCUT2D eigenvalue weighted by atomic mass is 10.0. The number of guanidine groups is 1. The first-order valence-electron chi connectivity index (χ1n) is 11.1. The van der Waals surface area contributed by atoms with Gasteiger partial charge >= 0.3 is 0 Å². The van der Waals surface area contributed by atoms with Crippen molar-refractivity contribution in [2.75, 3.05) is 40.7 Å². The summed E-state index contributed by atoms with van der Waals surface area (Å²) in [7, 11) is 6.14. The number of primary amides is 1. The summed E-state index contributed by atoms with van der Waals surface area (Å²) in [6, 6.07) is 10.4. The molecule has 2 aromatic carbocycles. The molecule has 10 N–H and O–H groups in total. The Hall–Kier alpha value is -4.63. The second kappa shape index (κ2) is 15.4. The molecule has 0 aliphatic heterocycles. The molecule has 0 aliphatic carbocycles. The molecule has 37 heavy (non-hydrogen) atoms.